The fraction of sp³-hybridized carbons (Fsp3) is 0.364. The highest BCUT2D eigenvalue weighted by Crippen LogP contribution is 2.10. The van der Waals surface area contributed by atoms with Crippen molar-refractivity contribution in [3.63, 3.8) is 0 Å². The zero-order chi connectivity index (χ0) is 12.7. The van der Waals surface area contributed by atoms with Crippen molar-refractivity contribution in [3.8, 4) is 0 Å². The molecule has 0 fully saturated rings. The van der Waals surface area contributed by atoms with Gasteiger partial charge in [0.25, 0.3) is 5.91 Å². The third-order valence-corrected chi connectivity index (χ3v) is 1.99. The minimum atomic E-state index is -1.15. The highest BCUT2D eigenvalue weighted by molar-refractivity contribution is 5.94. The Morgan fingerprint density at radius 3 is 2.82 bits per heavy atom. The van der Waals surface area contributed by atoms with Crippen molar-refractivity contribution in [1.29, 1.82) is 0 Å². The zero-order valence-electron chi connectivity index (χ0n) is 9.21. The van der Waals surface area contributed by atoms with Crippen molar-refractivity contribution in [2.24, 2.45) is 5.73 Å². The van der Waals surface area contributed by atoms with E-state index in [4.69, 9.17) is 10.5 Å². The molecule has 6 heteroatoms. The number of rotatable bonds is 6. The molecule has 0 unspecified atom stereocenters. The molecule has 0 saturated heterocycles. The molecule has 1 rings (SSSR count). The lowest BCUT2D eigenvalue weighted by Crippen LogP contribution is -2.28. The minimum Gasteiger partial charge on any atom is -0.378 e. The topological polar surface area (TPSA) is 64.3 Å². The van der Waals surface area contributed by atoms with E-state index in [2.05, 4.69) is 5.32 Å². The number of carbonyl (C=O) groups is 1. The maximum Gasteiger partial charge on any atom is 0.254 e. The molecule has 4 nitrogen and oxygen atoms in total. The first kappa shape index (κ1) is 13.5. The maximum atomic E-state index is 13.2. The predicted octanol–water partition coefficient (Wildman–Crippen LogP) is 0.670. The number of halogens is 2. The van der Waals surface area contributed by atoms with E-state index in [9.17, 15) is 13.6 Å². The van der Waals surface area contributed by atoms with Gasteiger partial charge < -0.3 is 15.8 Å². The first-order valence-corrected chi connectivity index (χ1v) is 5.17. The quantitative estimate of drug-likeness (QED) is 0.723. The van der Waals surface area contributed by atoms with Crippen molar-refractivity contribution in [2.45, 2.75) is 0 Å². The summed E-state index contributed by atoms with van der Waals surface area (Å²) in [6, 6.07) is 3.45. The summed E-state index contributed by atoms with van der Waals surface area (Å²) in [7, 11) is 0. The third-order valence-electron chi connectivity index (χ3n) is 1.99. The molecular formula is C11H14F2N2O2. The van der Waals surface area contributed by atoms with Crippen LogP contribution in [0.25, 0.3) is 0 Å². The van der Waals surface area contributed by atoms with Crippen molar-refractivity contribution >= 4 is 5.91 Å². The van der Waals surface area contributed by atoms with E-state index >= 15 is 0 Å². The minimum absolute atomic E-state index is 0.217. The molecule has 1 aromatic carbocycles. The molecule has 0 aliphatic rings. The van der Waals surface area contributed by atoms with Crippen LogP contribution in [-0.4, -0.2) is 32.2 Å². The van der Waals surface area contributed by atoms with Gasteiger partial charge in [-0.2, -0.15) is 0 Å². The standard InChI is InChI=1S/C11H14F2N2O2/c12-9-3-1-2-8(10(9)13)11(16)15-5-7-17-6-4-14/h1-3H,4-7,14H2,(H,15,16). The second kappa shape index (κ2) is 6.93. The van der Waals surface area contributed by atoms with Gasteiger partial charge in [-0.3, -0.25) is 4.79 Å². The fourth-order valence-corrected chi connectivity index (χ4v) is 1.20. The Bertz CT molecular complexity index is 386. The Balaban J connectivity index is 2.44. The Kier molecular flexibility index (Phi) is 5.51. The molecule has 1 amide bonds. The summed E-state index contributed by atoms with van der Waals surface area (Å²) in [5, 5.41) is 2.41. The fourth-order valence-electron chi connectivity index (χ4n) is 1.20. The van der Waals surface area contributed by atoms with Gasteiger partial charge in [0.05, 0.1) is 18.8 Å². The SMILES string of the molecule is NCCOCCNC(=O)c1cccc(F)c1F. The van der Waals surface area contributed by atoms with Crippen molar-refractivity contribution < 1.29 is 18.3 Å². The van der Waals surface area contributed by atoms with Gasteiger partial charge in [0.15, 0.2) is 11.6 Å². The van der Waals surface area contributed by atoms with Gasteiger partial charge in [-0.05, 0) is 12.1 Å². The molecule has 0 spiro atoms. The monoisotopic (exact) mass is 244 g/mol. The number of hydrogen-bond donors (Lipinski definition) is 2. The van der Waals surface area contributed by atoms with Crippen LogP contribution < -0.4 is 11.1 Å². The van der Waals surface area contributed by atoms with Crippen molar-refractivity contribution in [1.82, 2.24) is 5.32 Å². The summed E-state index contributed by atoms with van der Waals surface area (Å²) in [6.45, 7) is 1.28. The number of amides is 1. The maximum absolute atomic E-state index is 13.2. The molecule has 0 bridgehead atoms. The summed E-state index contributed by atoms with van der Waals surface area (Å²) in [5.41, 5.74) is 4.88. The number of nitrogens with one attached hydrogen (secondary N) is 1. The average Bonchev–Trinajstić information content (AvgIpc) is 2.32. The number of nitrogens with two attached hydrogens (primary N) is 1. The van der Waals surface area contributed by atoms with Gasteiger partial charge in [0, 0.05) is 13.1 Å². The largest absolute Gasteiger partial charge is 0.378 e. The van der Waals surface area contributed by atoms with Gasteiger partial charge in [0.1, 0.15) is 0 Å². The molecule has 1 aromatic rings. The van der Waals surface area contributed by atoms with Crippen LogP contribution in [0.3, 0.4) is 0 Å². The van der Waals surface area contributed by atoms with E-state index in [1.165, 1.54) is 12.1 Å². The lowest BCUT2D eigenvalue weighted by Gasteiger charge is -2.06. The van der Waals surface area contributed by atoms with E-state index < -0.39 is 17.5 Å². The lowest BCUT2D eigenvalue weighted by molar-refractivity contribution is 0.0915. The van der Waals surface area contributed by atoms with Crippen LogP contribution in [0.5, 0.6) is 0 Å². The van der Waals surface area contributed by atoms with Crippen molar-refractivity contribution in [3.05, 3.63) is 35.4 Å². The smallest absolute Gasteiger partial charge is 0.254 e. The van der Waals surface area contributed by atoms with Crippen LogP contribution in [0.4, 0.5) is 8.78 Å². The second-order valence-electron chi connectivity index (χ2n) is 3.26. The van der Waals surface area contributed by atoms with E-state index in [-0.39, 0.29) is 18.7 Å². The molecule has 0 aromatic heterocycles. The normalized spacial score (nSPS) is 10.3. The Morgan fingerprint density at radius 1 is 1.35 bits per heavy atom. The molecule has 0 heterocycles. The highest BCUT2D eigenvalue weighted by atomic mass is 19.2. The molecule has 94 valence electrons. The first-order chi connectivity index (χ1) is 8.16. The summed E-state index contributed by atoms with van der Waals surface area (Å²) < 4.78 is 31.0. The van der Waals surface area contributed by atoms with Crippen LogP contribution in [0.2, 0.25) is 0 Å². The van der Waals surface area contributed by atoms with E-state index in [1.54, 1.807) is 0 Å². The number of benzene rings is 1. The number of ether oxygens (including phenoxy) is 1. The van der Waals surface area contributed by atoms with E-state index in [0.29, 0.717) is 13.2 Å². The van der Waals surface area contributed by atoms with Crippen molar-refractivity contribution in [2.75, 3.05) is 26.3 Å². The van der Waals surface area contributed by atoms with Crippen LogP contribution in [0.15, 0.2) is 18.2 Å². The summed E-state index contributed by atoms with van der Waals surface area (Å²) in [6.07, 6.45) is 0. The van der Waals surface area contributed by atoms with Gasteiger partial charge in [-0.1, -0.05) is 6.07 Å². The van der Waals surface area contributed by atoms with Gasteiger partial charge in [-0.25, -0.2) is 8.78 Å². The molecule has 17 heavy (non-hydrogen) atoms. The number of carbonyl (C=O) groups excluding carboxylic acids is 1. The molecule has 0 radical (unpaired) electrons. The van der Waals surface area contributed by atoms with Gasteiger partial charge in [-0.15, -0.1) is 0 Å². The highest BCUT2D eigenvalue weighted by Gasteiger charge is 2.14. The average molecular weight is 244 g/mol. The predicted molar refractivity (Wildman–Crippen MR) is 58.6 cm³/mol. The lowest BCUT2D eigenvalue weighted by atomic mass is 10.2. The molecule has 0 aliphatic heterocycles. The molecule has 0 saturated carbocycles. The third kappa shape index (κ3) is 4.08. The van der Waals surface area contributed by atoms with E-state index in [1.807, 2.05) is 0 Å². The summed E-state index contributed by atoms with van der Waals surface area (Å²) in [4.78, 5) is 11.5. The summed E-state index contributed by atoms with van der Waals surface area (Å²) >= 11 is 0. The Labute approximate surface area is 97.8 Å². The molecule has 3 N–H and O–H groups in total. The van der Waals surface area contributed by atoms with Crippen LogP contribution >= 0.6 is 0 Å². The van der Waals surface area contributed by atoms with Crippen LogP contribution in [-0.2, 0) is 4.74 Å². The summed E-state index contributed by atoms with van der Waals surface area (Å²) in [5.74, 6) is -2.86. The number of hydrogen-bond acceptors (Lipinski definition) is 3. The Morgan fingerprint density at radius 2 is 2.12 bits per heavy atom. The molecule has 0 aliphatic carbocycles. The van der Waals surface area contributed by atoms with Gasteiger partial charge >= 0.3 is 0 Å². The zero-order valence-corrected chi connectivity index (χ0v) is 9.21. The van der Waals surface area contributed by atoms with Gasteiger partial charge in [0.2, 0.25) is 0 Å². The first-order valence-electron chi connectivity index (χ1n) is 5.17. The molecule has 0 atom stereocenters. The molecular weight excluding hydrogens is 230 g/mol. The second-order valence-corrected chi connectivity index (χ2v) is 3.26. The van der Waals surface area contributed by atoms with Crippen LogP contribution in [0.1, 0.15) is 10.4 Å². The Hall–Kier alpha value is -1.53. The van der Waals surface area contributed by atoms with Crippen LogP contribution in [0, 0.1) is 11.6 Å². The van der Waals surface area contributed by atoms with E-state index in [0.717, 1.165) is 6.07 Å².